The maximum atomic E-state index is 10.6. The number of carbonyl (C=O) groups excluding carboxylic acids is 1. The summed E-state index contributed by atoms with van der Waals surface area (Å²) in [4.78, 5) is 10.6. The van der Waals surface area contributed by atoms with Crippen molar-refractivity contribution in [3.05, 3.63) is 0 Å². The molecule has 0 spiro atoms. The van der Waals surface area contributed by atoms with Gasteiger partial charge in [0, 0.05) is 26.1 Å². The quantitative estimate of drug-likeness (QED) is 0.656. The zero-order valence-electron chi connectivity index (χ0n) is 8.14. The summed E-state index contributed by atoms with van der Waals surface area (Å²) < 4.78 is 0. The summed E-state index contributed by atoms with van der Waals surface area (Å²) >= 11 is 2.03. The van der Waals surface area contributed by atoms with Crippen molar-refractivity contribution in [2.24, 2.45) is 0 Å². The Balaban J connectivity index is 1.95. The van der Waals surface area contributed by atoms with Crippen molar-refractivity contribution < 1.29 is 4.79 Å². The summed E-state index contributed by atoms with van der Waals surface area (Å²) in [6.45, 7) is 3.20. The first-order chi connectivity index (χ1) is 6.29. The van der Waals surface area contributed by atoms with Gasteiger partial charge in [0.2, 0.25) is 5.91 Å². The summed E-state index contributed by atoms with van der Waals surface area (Å²) in [6, 6.07) is 0.676. The molecule has 0 radical (unpaired) electrons. The molecule has 0 unspecified atom stereocenters. The van der Waals surface area contributed by atoms with Crippen LogP contribution in [0.2, 0.25) is 0 Å². The van der Waals surface area contributed by atoms with E-state index in [0.29, 0.717) is 6.04 Å². The predicted octanol–water partition coefficient (Wildman–Crippen LogP) is 0.608. The molecule has 1 heterocycles. The van der Waals surface area contributed by atoms with Crippen molar-refractivity contribution in [2.45, 2.75) is 25.8 Å². The summed E-state index contributed by atoms with van der Waals surface area (Å²) in [5.74, 6) is 2.61. The zero-order chi connectivity index (χ0) is 9.52. The Hall–Kier alpha value is -0.220. The largest absolute Gasteiger partial charge is 0.355 e. The standard InChI is InChI=1S/C9H18N2OS/c1-8(12)10-4-5-11-9-2-6-13-7-3-9/h9,11H,2-7H2,1H3,(H,10,12). The molecule has 1 aliphatic rings. The lowest BCUT2D eigenvalue weighted by molar-refractivity contribution is -0.118. The van der Waals surface area contributed by atoms with Crippen LogP contribution in [0.15, 0.2) is 0 Å². The molecular weight excluding hydrogens is 184 g/mol. The number of amides is 1. The molecule has 0 aliphatic carbocycles. The van der Waals surface area contributed by atoms with Gasteiger partial charge in [-0.3, -0.25) is 4.79 Å². The lowest BCUT2D eigenvalue weighted by Crippen LogP contribution is -2.38. The molecule has 13 heavy (non-hydrogen) atoms. The minimum absolute atomic E-state index is 0.0565. The molecule has 1 aliphatic heterocycles. The molecule has 4 heteroatoms. The van der Waals surface area contributed by atoms with E-state index in [9.17, 15) is 4.79 Å². The van der Waals surface area contributed by atoms with Crippen LogP contribution < -0.4 is 10.6 Å². The third-order valence-electron chi connectivity index (χ3n) is 2.15. The van der Waals surface area contributed by atoms with Gasteiger partial charge in [-0.05, 0) is 24.3 Å². The number of hydrogen-bond acceptors (Lipinski definition) is 3. The smallest absolute Gasteiger partial charge is 0.216 e. The molecule has 0 saturated carbocycles. The molecule has 0 aromatic heterocycles. The van der Waals surface area contributed by atoms with Crippen LogP contribution in [0.4, 0.5) is 0 Å². The highest BCUT2D eigenvalue weighted by Crippen LogP contribution is 2.16. The minimum atomic E-state index is 0.0565. The van der Waals surface area contributed by atoms with Gasteiger partial charge in [0.1, 0.15) is 0 Å². The molecular formula is C9H18N2OS. The van der Waals surface area contributed by atoms with E-state index in [1.54, 1.807) is 6.92 Å². The summed E-state index contributed by atoms with van der Waals surface area (Å²) in [5, 5.41) is 6.23. The van der Waals surface area contributed by atoms with E-state index >= 15 is 0 Å². The third kappa shape index (κ3) is 5.16. The zero-order valence-corrected chi connectivity index (χ0v) is 8.95. The van der Waals surface area contributed by atoms with E-state index < -0.39 is 0 Å². The molecule has 3 nitrogen and oxygen atoms in total. The Bertz CT molecular complexity index is 158. The second kappa shape index (κ2) is 6.27. The van der Waals surface area contributed by atoms with Crippen molar-refractivity contribution in [3.8, 4) is 0 Å². The van der Waals surface area contributed by atoms with Crippen LogP contribution in [0.1, 0.15) is 19.8 Å². The van der Waals surface area contributed by atoms with Crippen LogP contribution in [0.5, 0.6) is 0 Å². The maximum absolute atomic E-state index is 10.6. The van der Waals surface area contributed by atoms with Crippen molar-refractivity contribution in [1.82, 2.24) is 10.6 Å². The Morgan fingerprint density at radius 1 is 1.38 bits per heavy atom. The lowest BCUT2D eigenvalue weighted by atomic mass is 10.1. The number of carbonyl (C=O) groups is 1. The number of nitrogens with one attached hydrogen (secondary N) is 2. The second-order valence-electron chi connectivity index (χ2n) is 3.32. The van der Waals surface area contributed by atoms with Crippen LogP contribution in [0.3, 0.4) is 0 Å². The Labute approximate surface area is 84.0 Å². The highest BCUT2D eigenvalue weighted by atomic mass is 32.2. The fraction of sp³-hybridized carbons (Fsp3) is 0.889. The molecule has 1 amide bonds. The van der Waals surface area contributed by atoms with E-state index in [-0.39, 0.29) is 5.91 Å². The van der Waals surface area contributed by atoms with Gasteiger partial charge in [-0.1, -0.05) is 0 Å². The fourth-order valence-corrected chi connectivity index (χ4v) is 2.52. The van der Waals surface area contributed by atoms with Crippen molar-refractivity contribution in [2.75, 3.05) is 24.6 Å². The van der Waals surface area contributed by atoms with Gasteiger partial charge in [-0.2, -0.15) is 11.8 Å². The lowest BCUT2D eigenvalue weighted by Gasteiger charge is -2.22. The van der Waals surface area contributed by atoms with Gasteiger partial charge in [-0.15, -0.1) is 0 Å². The first-order valence-corrected chi connectivity index (χ1v) is 6.00. The van der Waals surface area contributed by atoms with Gasteiger partial charge in [0.05, 0.1) is 0 Å². The number of thioether (sulfide) groups is 1. The summed E-state index contributed by atoms with van der Waals surface area (Å²) in [7, 11) is 0. The Morgan fingerprint density at radius 3 is 2.69 bits per heavy atom. The predicted molar refractivity (Wildman–Crippen MR) is 57.0 cm³/mol. The molecule has 2 N–H and O–H groups in total. The van der Waals surface area contributed by atoms with Gasteiger partial charge >= 0.3 is 0 Å². The van der Waals surface area contributed by atoms with Crippen molar-refractivity contribution in [1.29, 1.82) is 0 Å². The summed E-state index contributed by atoms with van der Waals surface area (Å²) in [6.07, 6.45) is 2.54. The van der Waals surface area contributed by atoms with Gasteiger partial charge in [-0.25, -0.2) is 0 Å². The first-order valence-electron chi connectivity index (χ1n) is 4.84. The van der Waals surface area contributed by atoms with Crippen LogP contribution in [0.25, 0.3) is 0 Å². The van der Waals surface area contributed by atoms with Gasteiger partial charge in [0.25, 0.3) is 0 Å². The minimum Gasteiger partial charge on any atom is -0.355 e. The van der Waals surface area contributed by atoms with Crippen LogP contribution >= 0.6 is 11.8 Å². The van der Waals surface area contributed by atoms with E-state index in [0.717, 1.165) is 13.1 Å². The molecule has 1 saturated heterocycles. The van der Waals surface area contributed by atoms with Crippen LogP contribution in [-0.2, 0) is 4.79 Å². The summed E-state index contributed by atoms with van der Waals surface area (Å²) in [5.41, 5.74) is 0. The molecule has 0 aromatic rings. The SMILES string of the molecule is CC(=O)NCCNC1CCSCC1. The first kappa shape index (κ1) is 10.9. The molecule has 1 rings (SSSR count). The van der Waals surface area contributed by atoms with Crippen LogP contribution in [-0.4, -0.2) is 36.5 Å². The van der Waals surface area contributed by atoms with E-state index in [2.05, 4.69) is 10.6 Å². The second-order valence-corrected chi connectivity index (χ2v) is 4.55. The molecule has 0 aromatic carbocycles. The highest BCUT2D eigenvalue weighted by molar-refractivity contribution is 7.99. The van der Waals surface area contributed by atoms with Gasteiger partial charge in [0.15, 0.2) is 0 Å². The van der Waals surface area contributed by atoms with Crippen LogP contribution in [0, 0.1) is 0 Å². The highest BCUT2D eigenvalue weighted by Gasteiger charge is 2.11. The van der Waals surface area contributed by atoms with Crippen molar-refractivity contribution >= 4 is 17.7 Å². The van der Waals surface area contributed by atoms with E-state index in [4.69, 9.17) is 0 Å². The van der Waals surface area contributed by atoms with E-state index in [1.165, 1.54) is 24.3 Å². The normalized spacial score (nSPS) is 18.5. The van der Waals surface area contributed by atoms with Crippen molar-refractivity contribution in [3.63, 3.8) is 0 Å². The fourth-order valence-electron chi connectivity index (χ4n) is 1.42. The Kier molecular flexibility index (Phi) is 5.23. The molecule has 0 atom stereocenters. The maximum Gasteiger partial charge on any atom is 0.216 e. The average Bonchev–Trinajstić information content (AvgIpc) is 2.14. The molecule has 1 fully saturated rings. The molecule has 0 bridgehead atoms. The van der Waals surface area contributed by atoms with E-state index in [1.807, 2.05) is 11.8 Å². The van der Waals surface area contributed by atoms with Gasteiger partial charge < -0.3 is 10.6 Å². The topological polar surface area (TPSA) is 41.1 Å². The third-order valence-corrected chi connectivity index (χ3v) is 3.20. The monoisotopic (exact) mass is 202 g/mol. The number of rotatable bonds is 4. The molecule has 76 valence electrons. The number of hydrogen-bond donors (Lipinski definition) is 2. The Morgan fingerprint density at radius 2 is 2.08 bits per heavy atom. The average molecular weight is 202 g/mol.